The molecule has 3 aromatic rings. The molecule has 0 spiro atoms. The van der Waals surface area contributed by atoms with Gasteiger partial charge in [0.1, 0.15) is 6.54 Å². The number of rotatable bonds is 6. The number of carbonyl (C=O) groups is 2. The van der Waals surface area contributed by atoms with Crippen molar-refractivity contribution >= 4 is 17.5 Å². The molecule has 2 amide bonds. The summed E-state index contributed by atoms with van der Waals surface area (Å²) < 4.78 is 1.24. The number of nitrogens with one attached hydrogen (secondary N) is 1. The fourth-order valence-electron chi connectivity index (χ4n) is 2.82. The van der Waals surface area contributed by atoms with Crippen LogP contribution in [0.15, 0.2) is 77.9 Å². The molecule has 0 fully saturated rings. The monoisotopic (exact) mass is 390 g/mol. The van der Waals surface area contributed by atoms with Crippen LogP contribution in [0.2, 0.25) is 0 Å². The van der Waals surface area contributed by atoms with E-state index in [2.05, 4.69) is 10.3 Å². The third-order valence-corrected chi connectivity index (χ3v) is 4.55. The third-order valence-electron chi connectivity index (χ3n) is 4.55. The number of amides is 2. The highest BCUT2D eigenvalue weighted by Crippen LogP contribution is 2.12. The van der Waals surface area contributed by atoms with Gasteiger partial charge in [-0.2, -0.15) is 0 Å². The summed E-state index contributed by atoms with van der Waals surface area (Å²) >= 11 is 0. The molecule has 0 bridgehead atoms. The van der Waals surface area contributed by atoms with Crippen LogP contribution in [0.5, 0.6) is 0 Å². The Morgan fingerprint density at radius 3 is 2.48 bits per heavy atom. The van der Waals surface area contributed by atoms with Crippen LogP contribution in [0.25, 0.3) is 0 Å². The van der Waals surface area contributed by atoms with Crippen LogP contribution >= 0.6 is 0 Å². The number of para-hydroxylation sites is 1. The smallest absolute Gasteiger partial charge is 0.253 e. The van der Waals surface area contributed by atoms with E-state index in [1.807, 2.05) is 49.4 Å². The minimum Gasteiger partial charge on any atom is -0.344 e. The standard InChI is InChI=1S/C22H22N4O3/c1-16(19-10-6-7-13-23-19)24-22(29)17-11-12-20(27)26(14-17)15-21(28)25(2)18-8-4-3-5-9-18/h3-14,16H,15H2,1-2H3,(H,24,29)/t16-/m1/s1. The zero-order chi connectivity index (χ0) is 20.8. The Kier molecular flexibility index (Phi) is 6.19. The first-order valence-electron chi connectivity index (χ1n) is 9.19. The topological polar surface area (TPSA) is 84.3 Å². The lowest BCUT2D eigenvalue weighted by molar-refractivity contribution is -0.118. The summed E-state index contributed by atoms with van der Waals surface area (Å²) in [5, 5.41) is 2.85. The van der Waals surface area contributed by atoms with E-state index < -0.39 is 0 Å². The molecule has 0 aliphatic heterocycles. The molecule has 2 aromatic heterocycles. The van der Waals surface area contributed by atoms with Crippen LogP contribution in [0.4, 0.5) is 5.69 Å². The van der Waals surface area contributed by atoms with Gasteiger partial charge in [-0.15, -0.1) is 0 Å². The number of carbonyl (C=O) groups excluding carboxylic acids is 2. The number of anilines is 1. The van der Waals surface area contributed by atoms with E-state index in [1.54, 1.807) is 19.3 Å². The van der Waals surface area contributed by atoms with E-state index in [4.69, 9.17) is 0 Å². The van der Waals surface area contributed by atoms with E-state index >= 15 is 0 Å². The minimum absolute atomic E-state index is 0.166. The van der Waals surface area contributed by atoms with Crippen LogP contribution in [0.1, 0.15) is 29.0 Å². The molecule has 1 aromatic carbocycles. The highest BCUT2D eigenvalue weighted by molar-refractivity contribution is 5.95. The molecule has 1 atom stereocenters. The minimum atomic E-state index is -0.353. The summed E-state index contributed by atoms with van der Waals surface area (Å²) in [6.45, 7) is 1.66. The second kappa shape index (κ2) is 8.97. The van der Waals surface area contributed by atoms with E-state index in [0.29, 0.717) is 5.56 Å². The van der Waals surface area contributed by atoms with Crippen molar-refractivity contribution in [1.82, 2.24) is 14.9 Å². The van der Waals surface area contributed by atoms with Crippen molar-refractivity contribution in [3.05, 3.63) is 94.7 Å². The van der Waals surface area contributed by atoms with Crippen molar-refractivity contribution < 1.29 is 9.59 Å². The molecule has 3 rings (SSSR count). The van der Waals surface area contributed by atoms with Gasteiger partial charge in [0, 0.05) is 31.2 Å². The summed E-state index contributed by atoms with van der Waals surface area (Å²) in [6.07, 6.45) is 3.06. The van der Waals surface area contributed by atoms with E-state index in [1.165, 1.54) is 27.8 Å². The van der Waals surface area contributed by atoms with Crippen molar-refractivity contribution in [1.29, 1.82) is 0 Å². The maximum absolute atomic E-state index is 12.6. The molecular formula is C22H22N4O3. The molecule has 0 unspecified atom stereocenters. The van der Waals surface area contributed by atoms with Gasteiger partial charge < -0.3 is 14.8 Å². The van der Waals surface area contributed by atoms with Gasteiger partial charge in [0.2, 0.25) is 5.91 Å². The fraction of sp³-hybridized carbons (Fsp3) is 0.182. The molecule has 0 saturated carbocycles. The first kappa shape index (κ1) is 20.0. The van der Waals surface area contributed by atoms with Crippen LogP contribution in [0, 0.1) is 0 Å². The number of nitrogens with zero attached hydrogens (tertiary/aromatic N) is 3. The largest absolute Gasteiger partial charge is 0.344 e. The van der Waals surface area contributed by atoms with Crippen molar-refractivity contribution in [3.63, 3.8) is 0 Å². The number of pyridine rings is 2. The molecule has 148 valence electrons. The lowest BCUT2D eigenvalue weighted by Gasteiger charge is -2.18. The van der Waals surface area contributed by atoms with Crippen molar-refractivity contribution in [2.75, 3.05) is 11.9 Å². The molecule has 29 heavy (non-hydrogen) atoms. The second-order valence-corrected chi connectivity index (χ2v) is 6.62. The molecule has 0 aliphatic rings. The number of hydrogen-bond donors (Lipinski definition) is 1. The first-order chi connectivity index (χ1) is 14.0. The van der Waals surface area contributed by atoms with Gasteiger partial charge in [0.25, 0.3) is 11.5 Å². The molecular weight excluding hydrogens is 368 g/mol. The Balaban J connectivity index is 1.73. The molecule has 0 saturated heterocycles. The Hall–Kier alpha value is -3.74. The fourth-order valence-corrected chi connectivity index (χ4v) is 2.82. The predicted molar refractivity (Wildman–Crippen MR) is 111 cm³/mol. The van der Waals surface area contributed by atoms with Gasteiger partial charge in [-0.3, -0.25) is 19.4 Å². The van der Waals surface area contributed by atoms with Gasteiger partial charge in [-0.05, 0) is 37.3 Å². The summed E-state index contributed by atoms with van der Waals surface area (Å²) in [7, 11) is 1.65. The summed E-state index contributed by atoms with van der Waals surface area (Å²) in [5.74, 6) is -0.613. The average Bonchev–Trinajstić information content (AvgIpc) is 2.75. The van der Waals surface area contributed by atoms with Gasteiger partial charge in [0.05, 0.1) is 17.3 Å². The van der Waals surface area contributed by atoms with E-state index in [-0.39, 0.29) is 30.0 Å². The quantitative estimate of drug-likeness (QED) is 0.700. The SMILES string of the molecule is C[C@@H](NC(=O)c1ccc(=O)n(CC(=O)N(C)c2ccccc2)c1)c1ccccn1. The Morgan fingerprint density at radius 2 is 1.79 bits per heavy atom. The van der Waals surface area contributed by atoms with Gasteiger partial charge in [-0.25, -0.2) is 0 Å². The average molecular weight is 390 g/mol. The van der Waals surface area contributed by atoms with Crippen molar-refractivity contribution in [3.8, 4) is 0 Å². The van der Waals surface area contributed by atoms with Crippen molar-refractivity contribution in [2.45, 2.75) is 19.5 Å². The summed E-state index contributed by atoms with van der Waals surface area (Å²) in [5.41, 5.74) is 1.40. The van der Waals surface area contributed by atoms with Gasteiger partial charge in [0.15, 0.2) is 0 Å². The number of aromatic nitrogens is 2. The first-order valence-corrected chi connectivity index (χ1v) is 9.19. The zero-order valence-electron chi connectivity index (χ0n) is 16.3. The van der Waals surface area contributed by atoms with Crippen LogP contribution in [-0.4, -0.2) is 28.4 Å². The number of hydrogen-bond acceptors (Lipinski definition) is 4. The van der Waals surface area contributed by atoms with Crippen molar-refractivity contribution in [2.24, 2.45) is 0 Å². The molecule has 1 N–H and O–H groups in total. The summed E-state index contributed by atoms with van der Waals surface area (Å²) in [6, 6.07) is 17.1. The van der Waals surface area contributed by atoms with E-state index in [9.17, 15) is 14.4 Å². The maximum Gasteiger partial charge on any atom is 0.253 e. The lowest BCUT2D eigenvalue weighted by Crippen LogP contribution is -2.34. The van der Waals surface area contributed by atoms with Crippen LogP contribution in [0.3, 0.4) is 0 Å². The molecule has 0 aliphatic carbocycles. The Labute approximate surface area is 168 Å². The Morgan fingerprint density at radius 1 is 1.07 bits per heavy atom. The van der Waals surface area contributed by atoms with Gasteiger partial charge in [-0.1, -0.05) is 24.3 Å². The maximum atomic E-state index is 12.6. The number of likely N-dealkylation sites (N-methyl/N-ethyl adjacent to an activating group) is 1. The normalized spacial score (nSPS) is 11.5. The van der Waals surface area contributed by atoms with Gasteiger partial charge >= 0.3 is 0 Å². The number of benzene rings is 1. The van der Waals surface area contributed by atoms with E-state index in [0.717, 1.165) is 11.4 Å². The molecule has 2 heterocycles. The highest BCUT2D eigenvalue weighted by atomic mass is 16.2. The lowest BCUT2D eigenvalue weighted by atomic mass is 10.2. The highest BCUT2D eigenvalue weighted by Gasteiger charge is 2.16. The third kappa shape index (κ3) is 4.95. The molecule has 0 radical (unpaired) electrons. The molecule has 7 heteroatoms. The molecule has 7 nitrogen and oxygen atoms in total. The summed E-state index contributed by atoms with van der Waals surface area (Å²) in [4.78, 5) is 43.0. The van der Waals surface area contributed by atoms with Crippen LogP contribution in [-0.2, 0) is 11.3 Å². The predicted octanol–water partition coefficient (Wildman–Crippen LogP) is 2.40. The second-order valence-electron chi connectivity index (χ2n) is 6.62. The van der Waals surface area contributed by atoms with Crippen LogP contribution < -0.4 is 15.8 Å². The zero-order valence-corrected chi connectivity index (χ0v) is 16.3. The Bertz CT molecular complexity index is 1050.